The Morgan fingerprint density at radius 1 is 1.37 bits per heavy atom. The predicted octanol–water partition coefficient (Wildman–Crippen LogP) is 0.881. The van der Waals surface area contributed by atoms with Gasteiger partial charge in [0.2, 0.25) is 0 Å². The summed E-state index contributed by atoms with van der Waals surface area (Å²) in [6.07, 6.45) is 3.88. The van der Waals surface area contributed by atoms with Crippen molar-refractivity contribution in [2.24, 2.45) is 5.92 Å². The molecule has 6 nitrogen and oxygen atoms in total. The number of amides is 2. The first-order valence-corrected chi connectivity index (χ1v) is 6.99. The first-order chi connectivity index (χ1) is 9.04. The molecular formula is C13H25N3O3. The Hall–Kier alpha value is -1.30. The van der Waals surface area contributed by atoms with Crippen molar-refractivity contribution in [2.45, 2.75) is 38.6 Å². The van der Waals surface area contributed by atoms with Gasteiger partial charge in [0.05, 0.1) is 5.92 Å². The van der Waals surface area contributed by atoms with Crippen LogP contribution in [0.4, 0.5) is 4.79 Å². The fraction of sp³-hybridized carbons (Fsp3) is 0.846. The molecule has 6 heteroatoms. The van der Waals surface area contributed by atoms with E-state index in [1.165, 1.54) is 12.8 Å². The summed E-state index contributed by atoms with van der Waals surface area (Å²) < 4.78 is 0. The molecule has 0 aromatic carbocycles. The fourth-order valence-electron chi connectivity index (χ4n) is 1.98. The van der Waals surface area contributed by atoms with Gasteiger partial charge in [-0.05, 0) is 26.3 Å². The number of hydrogen-bond donors (Lipinski definition) is 3. The number of likely N-dealkylation sites (N-methyl/N-ethyl adjacent to an activating group) is 1. The number of rotatable bonds is 9. The summed E-state index contributed by atoms with van der Waals surface area (Å²) in [5.41, 5.74) is 0. The van der Waals surface area contributed by atoms with Crippen LogP contribution in [0.5, 0.6) is 0 Å². The number of nitrogens with zero attached hydrogens (tertiary/aromatic N) is 1. The van der Waals surface area contributed by atoms with Gasteiger partial charge in [-0.3, -0.25) is 4.79 Å². The summed E-state index contributed by atoms with van der Waals surface area (Å²) in [4.78, 5) is 24.7. The lowest BCUT2D eigenvalue weighted by Gasteiger charge is -2.16. The molecule has 19 heavy (non-hydrogen) atoms. The molecule has 3 N–H and O–H groups in total. The van der Waals surface area contributed by atoms with E-state index in [9.17, 15) is 9.59 Å². The van der Waals surface area contributed by atoms with E-state index in [0.29, 0.717) is 19.0 Å². The Morgan fingerprint density at radius 2 is 2.05 bits per heavy atom. The molecule has 0 saturated heterocycles. The second-order valence-corrected chi connectivity index (χ2v) is 5.17. The van der Waals surface area contributed by atoms with Crippen molar-refractivity contribution in [3.8, 4) is 0 Å². The number of carboxylic acids is 1. The number of carbonyl (C=O) groups is 2. The Morgan fingerprint density at radius 3 is 2.58 bits per heavy atom. The average Bonchev–Trinajstić information content (AvgIpc) is 3.18. The van der Waals surface area contributed by atoms with Gasteiger partial charge >= 0.3 is 12.0 Å². The molecule has 0 spiro atoms. The summed E-state index contributed by atoms with van der Waals surface area (Å²) >= 11 is 0. The number of aliphatic carboxylic acids is 1. The van der Waals surface area contributed by atoms with Crippen LogP contribution >= 0.6 is 0 Å². The summed E-state index contributed by atoms with van der Waals surface area (Å²) in [7, 11) is 2.05. The molecule has 1 fully saturated rings. The minimum absolute atomic E-state index is 0.188. The second kappa shape index (κ2) is 7.99. The third kappa shape index (κ3) is 6.42. The number of hydrogen-bond acceptors (Lipinski definition) is 3. The van der Waals surface area contributed by atoms with Gasteiger partial charge in [-0.1, -0.05) is 13.3 Å². The molecule has 1 unspecified atom stereocenters. The van der Waals surface area contributed by atoms with Crippen LogP contribution < -0.4 is 10.6 Å². The molecular weight excluding hydrogens is 246 g/mol. The van der Waals surface area contributed by atoms with Crippen LogP contribution in [0.25, 0.3) is 0 Å². The van der Waals surface area contributed by atoms with Gasteiger partial charge in [0.15, 0.2) is 0 Å². The molecule has 0 radical (unpaired) electrons. The van der Waals surface area contributed by atoms with Gasteiger partial charge in [-0.25, -0.2) is 4.79 Å². The number of carboxylic acid groups (broad SMARTS) is 1. The zero-order valence-corrected chi connectivity index (χ0v) is 11.8. The summed E-state index contributed by atoms with van der Waals surface area (Å²) in [5.74, 6) is -1.35. The van der Waals surface area contributed by atoms with E-state index in [2.05, 4.69) is 22.6 Å². The monoisotopic (exact) mass is 271 g/mol. The van der Waals surface area contributed by atoms with Gasteiger partial charge < -0.3 is 20.6 Å². The Bertz CT molecular complexity index is 306. The first kappa shape index (κ1) is 15.8. The van der Waals surface area contributed by atoms with E-state index in [0.717, 1.165) is 13.0 Å². The summed E-state index contributed by atoms with van der Waals surface area (Å²) in [6.45, 7) is 3.54. The second-order valence-electron chi connectivity index (χ2n) is 5.17. The molecule has 1 aliphatic rings. The molecule has 1 saturated carbocycles. The van der Waals surface area contributed by atoms with E-state index in [4.69, 9.17) is 5.11 Å². The fourth-order valence-corrected chi connectivity index (χ4v) is 1.98. The highest BCUT2D eigenvalue weighted by Crippen LogP contribution is 2.24. The van der Waals surface area contributed by atoms with Crippen molar-refractivity contribution in [1.82, 2.24) is 15.5 Å². The van der Waals surface area contributed by atoms with E-state index < -0.39 is 11.9 Å². The molecule has 1 aliphatic carbocycles. The zero-order valence-electron chi connectivity index (χ0n) is 11.8. The number of nitrogens with one attached hydrogen (secondary N) is 2. The molecule has 1 atom stereocenters. The maximum Gasteiger partial charge on any atom is 0.314 e. The summed E-state index contributed by atoms with van der Waals surface area (Å²) in [5, 5.41) is 14.3. The van der Waals surface area contributed by atoms with Crippen LogP contribution in [-0.2, 0) is 4.79 Å². The molecule has 0 aliphatic heterocycles. The number of carbonyl (C=O) groups excluding carboxylic acids is 1. The van der Waals surface area contributed by atoms with Crippen molar-refractivity contribution < 1.29 is 14.7 Å². The highest BCUT2D eigenvalue weighted by molar-refractivity contribution is 5.75. The highest BCUT2D eigenvalue weighted by Gasteiger charge is 2.25. The van der Waals surface area contributed by atoms with Gasteiger partial charge in [-0.15, -0.1) is 0 Å². The van der Waals surface area contributed by atoms with Crippen molar-refractivity contribution in [2.75, 3.05) is 26.7 Å². The summed E-state index contributed by atoms with van der Waals surface area (Å²) in [6, 6.07) is 0.400. The smallest absolute Gasteiger partial charge is 0.314 e. The van der Waals surface area contributed by atoms with Crippen molar-refractivity contribution in [3.05, 3.63) is 0 Å². The van der Waals surface area contributed by atoms with Gasteiger partial charge in [-0.2, -0.15) is 0 Å². The Kier molecular flexibility index (Phi) is 6.62. The molecule has 0 aromatic rings. The van der Waals surface area contributed by atoms with E-state index >= 15 is 0 Å². The van der Waals surface area contributed by atoms with Crippen LogP contribution in [0.3, 0.4) is 0 Å². The molecule has 2 amide bonds. The minimum Gasteiger partial charge on any atom is -0.481 e. The normalized spacial score (nSPS) is 16.2. The third-order valence-corrected chi connectivity index (χ3v) is 3.42. The topological polar surface area (TPSA) is 81.7 Å². The molecule has 0 bridgehead atoms. The van der Waals surface area contributed by atoms with Crippen LogP contribution in [-0.4, -0.2) is 54.7 Å². The SMILES string of the molecule is CCCC(CNC(=O)NCCN(C)C1CC1)C(=O)O. The predicted molar refractivity (Wildman–Crippen MR) is 73.1 cm³/mol. The number of urea groups is 1. The molecule has 110 valence electrons. The van der Waals surface area contributed by atoms with Gasteiger partial charge in [0.1, 0.15) is 0 Å². The quantitative estimate of drug-likeness (QED) is 0.581. The van der Waals surface area contributed by atoms with Gasteiger partial charge in [0.25, 0.3) is 0 Å². The van der Waals surface area contributed by atoms with Crippen LogP contribution in [0.2, 0.25) is 0 Å². The van der Waals surface area contributed by atoms with Crippen molar-refractivity contribution >= 4 is 12.0 Å². The molecule has 0 aromatic heterocycles. The largest absolute Gasteiger partial charge is 0.481 e. The van der Waals surface area contributed by atoms with Gasteiger partial charge in [0, 0.05) is 25.7 Å². The Balaban J connectivity index is 2.10. The van der Waals surface area contributed by atoms with Crippen LogP contribution in [0.1, 0.15) is 32.6 Å². The molecule has 0 heterocycles. The van der Waals surface area contributed by atoms with Crippen LogP contribution in [0.15, 0.2) is 0 Å². The standard InChI is InChI=1S/C13H25N3O3/c1-3-4-10(12(17)18)9-15-13(19)14-7-8-16(2)11-5-6-11/h10-11H,3-9H2,1-2H3,(H,17,18)(H2,14,15,19). The van der Waals surface area contributed by atoms with E-state index in [1.54, 1.807) is 0 Å². The minimum atomic E-state index is -0.851. The molecule has 1 rings (SSSR count). The maximum atomic E-state index is 11.5. The zero-order chi connectivity index (χ0) is 14.3. The lowest BCUT2D eigenvalue weighted by Crippen LogP contribution is -2.42. The Labute approximate surface area is 114 Å². The van der Waals surface area contributed by atoms with Crippen molar-refractivity contribution in [3.63, 3.8) is 0 Å². The maximum absolute atomic E-state index is 11.5. The van der Waals surface area contributed by atoms with Crippen molar-refractivity contribution in [1.29, 1.82) is 0 Å². The average molecular weight is 271 g/mol. The first-order valence-electron chi connectivity index (χ1n) is 6.99. The lowest BCUT2D eigenvalue weighted by atomic mass is 10.0. The lowest BCUT2D eigenvalue weighted by molar-refractivity contribution is -0.141. The third-order valence-electron chi connectivity index (χ3n) is 3.42. The van der Waals surface area contributed by atoms with E-state index in [1.807, 2.05) is 6.92 Å². The van der Waals surface area contributed by atoms with Crippen LogP contribution in [0, 0.1) is 5.92 Å². The van der Waals surface area contributed by atoms with E-state index in [-0.39, 0.29) is 12.6 Å². The highest BCUT2D eigenvalue weighted by atomic mass is 16.4.